The van der Waals surface area contributed by atoms with Gasteiger partial charge in [0.25, 0.3) is 0 Å². The van der Waals surface area contributed by atoms with Gasteiger partial charge in [-0.05, 0) is 55.6 Å². The van der Waals surface area contributed by atoms with E-state index in [2.05, 4.69) is 28.3 Å². The number of nitriles is 1. The maximum absolute atomic E-state index is 13.4. The van der Waals surface area contributed by atoms with Gasteiger partial charge >= 0.3 is 11.8 Å². The van der Waals surface area contributed by atoms with Crippen molar-refractivity contribution in [1.29, 1.82) is 5.26 Å². The molecule has 2 aromatic rings. The van der Waals surface area contributed by atoms with Gasteiger partial charge in [-0.25, -0.2) is 9.59 Å². The second kappa shape index (κ2) is 14.8. The Morgan fingerprint density at radius 1 is 1.27 bits per heavy atom. The first-order valence-electron chi connectivity index (χ1n) is 13.9. The number of carbonyl (C=O) groups excluding carboxylic acids is 2. The molecule has 2 N–H and O–H groups in total. The number of anilines is 1. The molecule has 3 rings (SSSR count). The third-order valence-electron chi connectivity index (χ3n) is 6.53. The first-order valence-corrected chi connectivity index (χ1v) is 13.9. The highest BCUT2D eigenvalue weighted by Crippen LogP contribution is 2.27. The van der Waals surface area contributed by atoms with Crippen molar-refractivity contribution >= 4 is 23.9 Å². The summed E-state index contributed by atoms with van der Waals surface area (Å²) < 4.78 is 10.6. The molecular formula is C31H39N5O5. The van der Waals surface area contributed by atoms with E-state index in [4.69, 9.17) is 9.15 Å². The molecule has 10 nitrogen and oxygen atoms in total. The normalized spacial score (nSPS) is 13.7. The van der Waals surface area contributed by atoms with E-state index < -0.39 is 23.9 Å². The fraction of sp³-hybridized carbons (Fsp3) is 0.452. The second-order valence-electron chi connectivity index (χ2n) is 11.2. The third kappa shape index (κ3) is 9.94. The molecule has 0 aliphatic heterocycles. The van der Waals surface area contributed by atoms with E-state index in [1.54, 1.807) is 6.08 Å². The number of carbonyl (C=O) groups is 2. The van der Waals surface area contributed by atoms with Crippen molar-refractivity contribution in [3.63, 3.8) is 0 Å². The number of ether oxygens (including phenoxy) is 1. The second-order valence-corrected chi connectivity index (χ2v) is 11.2. The number of unbranched alkanes of at least 4 members (excludes halogenated alkanes) is 1. The summed E-state index contributed by atoms with van der Waals surface area (Å²) in [5.74, 6) is -0.304. The number of nitrogens with zero attached hydrogens (tertiary/aromatic N) is 3. The summed E-state index contributed by atoms with van der Waals surface area (Å²) in [7, 11) is 0. The van der Waals surface area contributed by atoms with Crippen molar-refractivity contribution in [3.8, 4) is 6.07 Å². The van der Waals surface area contributed by atoms with Gasteiger partial charge in [-0.15, -0.1) is 0 Å². The molecule has 0 saturated carbocycles. The number of fused-ring (bicyclic) bond motifs is 1. The quantitative estimate of drug-likeness (QED) is 0.320. The lowest BCUT2D eigenvalue weighted by Crippen LogP contribution is -2.46. The number of nitrogens with one attached hydrogen (secondary N) is 2. The maximum Gasteiger partial charge on any atom is 0.441 e. The SMILES string of the molecule is C=CN(CCCCC(C#N)NC(=O)[C@H](CC(C)(C)C)Nc1nc(=O)oc2c1CCC=C2)C(=O)OCc1ccccc1. The van der Waals surface area contributed by atoms with Crippen LogP contribution in [0.5, 0.6) is 0 Å². The Morgan fingerprint density at radius 2 is 2.02 bits per heavy atom. The number of hydrogen-bond acceptors (Lipinski definition) is 8. The molecule has 1 aliphatic rings. The summed E-state index contributed by atoms with van der Waals surface area (Å²) >= 11 is 0. The highest BCUT2D eigenvalue weighted by molar-refractivity contribution is 5.85. The molecule has 218 valence electrons. The van der Waals surface area contributed by atoms with Gasteiger partial charge in [-0.3, -0.25) is 9.69 Å². The Labute approximate surface area is 241 Å². The topological polar surface area (TPSA) is 138 Å². The van der Waals surface area contributed by atoms with Gasteiger partial charge in [0, 0.05) is 18.3 Å². The molecule has 1 unspecified atom stereocenters. The van der Waals surface area contributed by atoms with Gasteiger partial charge < -0.3 is 19.8 Å². The minimum absolute atomic E-state index is 0.166. The Morgan fingerprint density at radius 3 is 2.71 bits per heavy atom. The molecule has 2 amide bonds. The first-order chi connectivity index (χ1) is 19.6. The molecule has 0 fully saturated rings. The van der Waals surface area contributed by atoms with Crippen molar-refractivity contribution in [3.05, 3.63) is 76.6 Å². The van der Waals surface area contributed by atoms with Crippen LogP contribution in [0.4, 0.5) is 10.6 Å². The summed E-state index contributed by atoms with van der Waals surface area (Å²) in [6, 6.07) is 10.1. The molecule has 2 atom stereocenters. The number of aromatic nitrogens is 1. The fourth-order valence-corrected chi connectivity index (χ4v) is 4.49. The van der Waals surface area contributed by atoms with E-state index in [0.29, 0.717) is 50.2 Å². The zero-order valence-electron chi connectivity index (χ0n) is 24.0. The van der Waals surface area contributed by atoms with Crippen LogP contribution < -0.4 is 16.4 Å². The number of hydrogen-bond donors (Lipinski definition) is 2. The van der Waals surface area contributed by atoms with Gasteiger partial charge in [0.2, 0.25) is 5.91 Å². The van der Waals surface area contributed by atoms with E-state index in [1.807, 2.05) is 57.2 Å². The molecule has 10 heteroatoms. The van der Waals surface area contributed by atoms with E-state index in [-0.39, 0.29) is 17.9 Å². The van der Waals surface area contributed by atoms with E-state index >= 15 is 0 Å². The van der Waals surface area contributed by atoms with E-state index in [1.165, 1.54) is 11.1 Å². The highest BCUT2D eigenvalue weighted by atomic mass is 16.6. The summed E-state index contributed by atoms with van der Waals surface area (Å²) in [4.78, 5) is 43.2. The minimum Gasteiger partial charge on any atom is -0.444 e. The molecular weight excluding hydrogens is 522 g/mol. The van der Waals surface area contributed by atoms with Crippen molar-refractivity contribution in [2.24, 2.45) is 5.41 Å². The van der Waals surface area contributed by atoms with Crippen LogP contribution in [-0.4, -0.2) is 40.5 Å². The van der Waals surface area contributed by atoms with Crippen LogP contribution in [0.25, 0.3) is 6.08 Å². The van der Waals surface area contributed by atoms with Gasteiger partial charge in [0.1, 0.15) is 30.3 Å². The Kier molecular flexibility index (Phi) is 11.3. The molecule has 1 heterocycles. The average Bonchev–Trinajstić information content (AvgIpc) is 2.94. The maximum atomic E-state index is 13.4. The van der Waals surface area contributed by atoms with Crippen molar-refractivity contribution in [1.82, 2.24) is 15.2 Å². The van der Waals surface area contributed by atoms with Crippen LogP contribution in [0.3, 0.4) is 0 Å². The smallest absolute Gasteiger partial charge is 0.441 e. The van der Waals surface area contributed by atoms with Crippen molar-refractivity contribution < 1.29 is 18.7 Å². The standard InChI is InChI=1S/C31H39N5O5/c1-5-36(30(39)40-21-22-13-7-6-8-14-22)18-12-11-15-23(20-32)33-28(37)25(19-31(2,3)4)34-27-24-16-9-10-17-26(24)41-29(38)35-27/h5-8,10,13-14,17,23,25H,1,9,11-12,15-16,18-19,21H2,2-4H3,(H,33,37)(H,34,35,38)/t23?,25-/m0/s1. The zero-order chi connectivity index (χ0) is 29.8. The lowest BCUT2D eigenvalue weighted by atomic mass is 9.87. The number of allylic oxidation sites excluding steroid dienone is 1. The number of amides is 2. The van der Waals surface area contributed by atoms with E-state index in [0.717, 1.165) is 17.5 Å². The number of rotatable bonds is 13. The summed E-state index contributed by atoms with van der Waals surface area (Å²) in [6.07, 6.45) is 8.04. The fourth-order valence-electron chi connectivity index (χ4n) is 4.49. The zero-order valence-corrected chi connectivity index (χ0v) is 24.0. The number of benzene rings is 1. The van der Waals surface area contributed by atoms with Crippen LogP contribution in [0.2, 0.25) is 0 Å². The van der Waals surface area contributed by atoms with Gasteiger partial charge in [-0.2, -0.15) is 10.2 Å². The Hall–Kier alpha value is -4.39. The molecule has 0 saturated heterocycles. The van der Waals surface area contributed by atoms with Crippen molar-refractivity contribution in [2.45, 2.75) is 78.0 Å². The predicted octanol–water partition coefficient (Wildman–Crippen LogP) is 5.17. The largest absolute Gasteiger partial charge is 0.444 e. The summed E-state index contributed by atoms with van der Waals surface area (Å²) in [5.41, 5.74) is 1.42. The Bertz CT molecular complexity index is 1320. The molecule has 0 radical (unpaired) electrons. The summed E-state index contributed by atoms with van der Waals surface area (Å²) in [6.45, 7) is 10.3. The van der Waals surface area contributed by atoms with Crippen LogP contribution in [0, 0.1) is 16.7 Å². The average molecular weight is 562 g/mol. The molecule has 0 spiro atoms. The van der Waals surface area contributed by atoms with Gasteiger partial charge in [0.15, 0.2) is 0 Å². The van der Waals surface area contributed by atoms with Crippen LogP contribution >= 0.6 is 0 Å². The summed E-state index contributed by atoms with van der Waals surface area (Å²) in [5, 5.41) is 15.7. The minimum atomic E-state index is -0.736. The lowest BCUT2D eigenvalue weighted by molar-refractivity contribution is -0.122. The molecule has 0 bridgehead atoms. The highest BCUT2D eigenvalue weighted by Gasteiger charge is 2.29. The lowest BCUT2D eigenvalue weighted by Gasteiger charge is -2.28. The predicted molar refractivity (Wildman–Crippen MR) is 157 cm³/mol. The molecule has 41 heavy (non-hydrogen) atoms. The van der Waals surface area contributed by atoms with Gasteiger partial charge in [-0.1, -0.05) is 63.8 Å². The van der Waals surface area contributed by atoms with Gasteiger partial charge in [0.05, 0.1) is 6.07 Å². The van der Waals surface area contributed by atoms with Crippen LogP contribution in [0.15, 0.2) is 58.4 Å². The monoisotopic (exact) mass is 561 g/mol. The molecule has 1 aromatic carbocycles. The third-order valence-corrected chi connectivity index (χ3v) is 6.53. The molecule has 1 aliphatic carbocycles. The first kappa shape index (κ1) is 31.1. The Balaban J connectivity index is 1.55. The molecule has 1 aromatic heterocycles. The van der Waals surface area contributed by atoms with E-state index in [9.17, 15) is 19.6 Å². The van der Waals surface area contributed by atoms with Crippen molar-refractivity contribution in [2.75, 3.05) is 11.9 Å². The van der Waals surface area contributed by atoms with Crippen LogP contribution in [0.1, 0.15) is 69.8 Å². The van der Waals surface area contributed by atoms with Crippen LogP contribution in [-0.2, 0) is 22.6 Å².